The Hall–Kier alpha value is -2.33. The molecular weight excluding hydrogens is 250 g/mol. The zero-order valence-electron chi connectivity index (χ0n) is 11.4. The molecule has 3 rings (SSSR count). The summed E-state index contributed by atoms with van der Waals surface area (Å²) in [6.07, 6.45) is 1.91. The molecule has 0 radical (unpaired) electrons. The first-order valence-electron chi connectivity index (χ1n) is 6.60. The number of rotatable bonds is 4. The monoisotopic (exact) mass is 267 g/mol. The Kier molecular flexibility index (Phi) is 3.39. The van der Waals surface area contributed by atoms with Gasteiger partial charge in [-0.2, -0.15) is 5.10 Å². The second-order valence-corrected chi connectivity index (χ2v) is 4.74. The van der Waals surface area contributed by atoms with Crippen molar-refractivity contribution in [1.82, 2.24) is 9.78 Å². The van der Waals surface area contributed by atoms with E-state index in [2.05, 4.69) is 23.3 Å². The Balaban J connectivity index is 1.91. The highest BCUT2D eigenvalue weighted by atomic mass is 16.5. The third kappa shape index (κ3) is 2.38. The SMILES string of the molecule is Cn1ccc(COc2ccc3ccccc3c2CN)n1. The van der Waals surface area contributed by atoms with E-state index in [0.29, 0.717) is 13.2 Å². The molecule has 1 heterocycles. The number of nitrogens with zero attached hydrogens (tertiary/aromatic N) is 2. The van der Waals surface area contributed by atoms with Crippen LogP contribution in [0.2, 0.25) is 0 Å². The summed E-state index contributed by atoms with van der Waals surface area (Å²) < 4.78 is 7.65. The summed E-state index contributed by atoms with van der Waals surface area (Å²) in [5, 5.41) is 6.63. The van der Waals surface area contributed by atoms with E-state index in [0.717, 1.165) is 22.4 Å². The van der Waals surface area contributed by atoms with Crippen molar-refractivity contribution in [2.24, 2.45) is 12.8 Å². The first-order valence-corrected chi connectivity index (χ1v) is 6.60. The molecular formula is C16H17N3O. The maximum atomic E-state index is 5.89. The maximum absolute atomic E-state index is 5.89. The summed E-state index contributed by atoms with van der Waals surface area (Å²) in [5.41, 5.74) is 7.84. The molecule has 0 saturated carbocycles. The van der Waals surface area contributed by atoms with Gasteiger partial charge in [-0.1, -0.05) is 30.3 Å². The number of ether oxygens (including phenoxy) is 1. The van der Waals surface area contributed by atoms with Crippen LogP contribution in [0.25, 0.3) is 10.8 Å². The van der Waals surface area contributed by atoms with E-state index in [4.69, 9.17) is 10.5 Å². The van der Waals surface area contributed by atoms with Gasteiger partial charge in [-0.3, -0.25) is 4.68 Å². The summed E-state index contributed by atoms with van der Waals surface area (Å²) in [6, 6.07) is 14.2. The molecule has 102 valence electrons. The fourth-order valence-corrected chi connectivity index (χ4v) is 2.35. The van der Waals surface area contributed by atoms with Crippen LogP contribution < -0.4 is 10.5 Å². The van der Waals surface area contributed by atoms with Crippen molar-refractivity contribution >= 4 is 10.8 Å². The van der Waals surface area contributed by atoms with Crippen LogP contribution in [-0.2, 0) is 20.2 Å². The lowest BCUT2D eigenvalue weighted by molar-refractivity contribution is 0.297. The van der Waals surface area contributed by atoms with Crippen molar-refractivity contribution in [1.29, 1.82) is 0 Å². The minimum atomic E-state index is 0.451. The van der Waals surface area contributed by atoms with E-state index >= 15 is 0 Å². The van der Waals surface area contributed by atoms with Crippen LogP contribution in [0.5, 0.6) is 5.75 Å². The smallest absolute Gasteiger partial charge is 0.132 e. The van der Waals surface area contributed by atoms with Gasteiger partial charge in [-0.05, 0) is 22.9 Å². The lowest BCUT2D eigenvalue weighted by atomic mass is 10.0. The molecule has 1 aromatic heterocycles. The van der Waals surface area contributed by atoms with Crippen LogP contribution in [0, 0.1) is 0 Å². The summed E-state index contributed by atoms with van der Waals surface area (Å²) >= 11 is 0. The molecule has 4 heteroatoms. The molecule has 0 bridgehead atoms. The number of hydrogen-bond acceptors (Lipinski definition) is 3. The number of nitrogens with two attached hydrogens (primary N) is 1. The second kappa shape index (κ2) is 5.35. The number of fused-ring (bicyclic) bond motifs is 1. The molecule has 0 spiro atoms. The highest BCUT2D eigenvalue weighted by Gasteiger charge is 2.08. The molecule has 0 saturated heterocycles. The number of aryl methyl sites for hydroxylation is 1. The second-order valence-electron chi connectivity index (χ2n) is 4.74. The van der Waals surface area contributed by atoms with Gasteiger partial charge >= 0.3 is 0 Å². The minimum Gasteiger partial charge on any atom is -0.487 e. The molecule has 0 aliphatic rings. The highest BCUT2D eigenvalue weighted by Crippen LogP contribution is 2.28. The molecule has 0 amide bonds. The summed E-state index contributed by atoms with van der Waals surface area (Å²) in [7, 11) is 1.89. The fraction of sp³-hybridized carbons (Fsp3) is 0.188. The predicted octanol–water partition coefficient (Wildman–Crippen LogP) is 2.61. The van der Waals surface area contributed by atoms with Gasteiger partial charge in [0.05, 0.1) is 5.69 Å². The van der Waals surface area contributed by atoms with Crippen LogP contribution in [0.3, 0.4) is 0 Å². The maximum Gasteiger partial charge on any atom is 0.132 e. The zero-order valence-corrected chi connectivity index (χ0v) is 11.4. The number of aromatic nitrogens is 2. The Morgan fingerprint density at radius 1 is 1.15 bits per heavy atom. The van der Waals surface area contributed by atoms with Gasteiger partial charge in [0.15, 0.2) is 0 Å². The van der Waals surface area contributed by atoms with Gasteiger partial charge in [0, 0.05) is 25.4 Å². The molecule has 0 aliphatic carbocycles. The van der Waals surface area contributed by atoms with E-state index in [1.54, 1.807) is 4.68 Å². The van der Waals surface area contributed by atoms with E-state index in [9.17, 15) is 0 Å². The van der Waals surface area contributed by atoms with Crippen molar-refractivity contribution in [2.75, 3.05) is 0 Å². The van der Waals surface area contributed by atoms with Crippen LogP contribution in [0.15, 0.2) is 48.7 Å². The third-order valence-corrected chi connectivity index (χ3v) is 3.35. The lowest BCUT2D eigenvalue weighted by Gasteiger charge is -2.12. The Morgan fingerprint density at radius 2 is 2.00 bits per heavy atom. The average Bonchev–Trinajstić information content (AvgIpc) is 2.90. The van der Waals surface area contributed by atoms with E-state index < -0.39 is 0 Å². The lowest BCUT2D eigenvalue weighted by Crippen LogP contribution is -2.04. The van der Waals surface area contributed by atoms with Gasteiger partial charge in [0.25, 0.3) is 0 Å². The van der Waals surface area contributed by atoms with Crippen molar-refractivity contribution < 1.29 is 4.74 Å². The Morgan fingerprint density at radius 3 is 2.75 bits per heavy atom. The van der Waals surface area contributed by atoms with Crippen LogP contribution in [0.4, 0.5) is 0 Å². The Labute approximate surface area is 117 Å². The minimum absolute atomic E-state index is 0.451. The van der Waals surface area contributed by atoms with Crippen LogP contribution in [-0.4, -0.2) is 9.78 Å². The van der Waals surface area contributed by atoms with Crippen LogP contribution >= 0.6 is 0 Å². The van der Waals surface area contributed by atoms with Crippen molar-refractivity contribution in [2.45, 2.75) is 13.2 Å². The molecule has 2 N–H and O–H groups in total. The molecule has 3 aromatic rings. The standard InChI is InChI=1S/C16H17N3O/c1-19-9-8-13(18-19)11-20-16-7-6-12-4-2-3-5-14(12)15(16)10-17/h2-9H,10-11,17H2,1H3. The summed E-state index contributed by atoms with van der Waals surface area (Å²) in [5.74, 6) is 0.830. The van der Waals surface area contributed by atoms with Gasteiger partial charge in [0.2, 0.25) is 0 Å². The van der Waals surface area contributed by atoms with Crippen molar-refractivity contribution in [3.05, 3.63) is 59.9 Å². The zero-order chi connectivity index (χ0) is 13.9. The molecule has 0 unspecified atom stereocenters. The topological polar surface area (TPSA) is 53.1 Å². The molecule has 0 atom stereocenters. The van der Waals surface area contributed by atoms with Gasteiger partial charge in [-0.25, -0.2) is 0 Å². The third-order valence-electron chi connectivity index (χ3n) is 3.35. The predicted molar refractivity (Wildman–Crippen MR) is 79.4 cm³/mol. The molecule has 2 aromatic carbocycles. The van der Waals surface area contributed by atoms with Gasteiger partial charge in [0.1, 0.15) is 12.4 Å². The van der Waals surface area contributed by atoms with Crippen molar-refractivity contribution in [3.63, 3.8) is 0 Å². The summed E-state index contributed by atoms with van der Waals surface area (Å²) in [6.45, 7) is 0.908. The highest BCUT2D eigenvalue weighted by molar-refractivity contribution is 5.87. The first-order chi connectivity index (χ1) is 9.78. The first kappa shape index (κ1) is 12.7. The quantitative estimate of drug-likeness (QED) is 0.790. The molecule has 20 heavy (non-hydrogen) atoms. The fourth-order valence-electron chi connectivity index (χ4n) is 2.35. The number of hydrogen-bond donors (Lipinski definition) is 1. The van der Waals surface area contributed by atoms with Gasteiger partial charge < -0.3 is 10.5 Å². The van der Waals surface area contributed by atoms with Crippen molar-refractivity contribution in [3.8, 4) is 5.75 Å². The Bertz CT molecular complexity index is 733. The van der Waals surface area contributed by atoms with E-state index in [1.165, 1.54) is 5.39 Å². The normalized spacial score (nSPS) is 10.9. The molecule has 4 nitrogen and oxygen atoms in total. The van der Waals surface area contributed by atoms with E-state index in [-0.39, 0.29) is 0 Å². The number of benzene rings is 2. The van der Waals surface area contributed by atoms with Crippen LogP contribution in [0.1, 0.15) is 11.3 Å². The van der Waals surface area contributed by atoms with Gasteiger partial charge in [-0.15, -0.1) is 0 Å². The van der Waals surface area contributed by atoms with E-state index in [1.807, 2.05) is 37.5 Å². The molecule has 0 aliphatic heterocycles. The summed E-state index contributed by atoms with van der Waals surface area (Å²) in [4.78, 5) is 0. The molecule has 0 fully saturated rings. The average molecular weight is 267 g/mol. The largest absolute Gasteiger partial charge is 0.487 e.